The lowest BCUT2D eigenvalue weighted by Gasteiger charge is -2.19. The number of hydrogen-bond acceptors (Lipinski definition) is 3. The van der Waals surface area contributed by atoms with Gasteiger partial charge in [-0.05, 0) is 41.6 Å². The zero-order valence-electron chi connectivity index (χ0n) is 10.5. The van der Waals surface area contributed by atoms with E-state index in [1.165, 1.54) is 16.0 Å². The minimum Gasteiger partial charge on any atom is -0.497 e. The standard InChI is InChI=1S/C15H15NOS/c1-10-15-12(7-8-18-15)9-14(16-10)11-3-5-13(17-2)6-4-11/h3-8,14H,9H2,1-2H3/t14-/m1/s1. The van der Waals surface area contributed by atoms with Gasteiger partial charge in [0.05, 0.1) is 18.0 Å². The Bertz CT molecular complexity index is 583. The smallest absolute Gasteiger partial charge is 0.118 e. The summed E-state index contributed by atoms with van der Waals surface area (Å²) >= 11 is 1.79. The number of ether oxygens (including phenoxy) is 1. The van der Waals surface area contributed by atoms with Gasteiger partial charge in [0.1, 0.15) is 5.75 Å². The van der Waals surface area contributed by atoms with Gasteiger partial charge >= 0.3 is 0 Å². The van der Waals surface area contributed by atoms with E-state index in [4.69, 9.17) is 9.73 Å². The van der Waals surface area contributed by atoms with E-state index in [0.29, 0.717) is 0 Å². The van der Waals surface area contributed by atoms with Crippen molar-refractivity contribution >= 4 is 17.0 Å². The number of nitrogens with zero attached hydrogens (tertiary/aromatic N) is 1. The molecule has 0 amide bonds. The first-order valence-electron chi connectivity index (χ1n) is 6.03. The van der Waals surface area contributed by atoms with Crippen molar-refractivity contribution in [2.45, 2.75) is 19.4 Å². The van der Waals surface area contributed by atoms with E-state index in [-0.39, 0.29) is 6.04 Å². The zero-order chi connectivity index (χ0) is 12.5. The summed E-state index contributed by atoms with van der Waals surface area (Å²) in [4.78, 5) is 6.15. The van der Waals surface area contributed by atoms with E-state index < -0.39 is 0 Å². The van der Waals surface area contributed by atoms with Gasteiger partial charge in [-0.25, -0.2) is 0 Å². The van der Waals surface area contributed by atoms with Crippen molar-refractivity contribution in [1.82, 2.24) is 0 Å². The van der Waals surface area contributed by atoms with Gasteiger partial charge in [-0.3, -0.25) is 4.99 Å². The monoisotopic (exact) mass is 257 g/mol. The van der Waals surface area contributed by atoms with Gasteiger partial charge in [-0.15, -0.1) is 11.3 Å². The Kier molecular flexibility index (Phi) is 2.92. The Balaban J connectivity index is 1.92. The van der Waals surface area contributed by atoms with Gasteiger partial charge in [-0.1, -0.05) is 12.1 Å². The fraction of sp³-hybridized carbons (Fsp3) is 0.267. The van der Waals surface area contributed by atoms with Crippen molar-refractivity contribution in [1.29, 1.82) is 0 Å². The van der Waals surface area contributed by atoms with Gasteiger partial charge in [0, 0.05) is 12.1 Å². The molecule has 1 aliphatic rings. The van der Waals surface area contributed by atoms with Crippen molar-refractivity contribution in [2.24, 2.45) is 4.99 Å². The summed E-state index contributed by atoms with van der Waals surface area (Å²) in [6.45, 7) is 2.10. The second-order valence-electron chi connectivity index (χ2n) is 4.48. The molecule has 0 saturated carbocycles. The second kappa shape index (κ2) is 4.58. The number of benzene rings is 1. The Morgan fingerprint density at radius 1 is 1.22 bits per heavy atom. The molecule has 0 fully saturated rings. The summed E-state index contributed by atoms with van der Waals surface area (Å²) in [5, 5.41) is 2.15. The van der Waals surface area contributed by atoms with Crippen molar-refractivity contribution in [3.63, 3.8) is 0 Å². The van der Waals surface area contributed by atoms with Gasteiger partial charge < -0.3 is 4.74 Å². The first kappa shape index (κ1) is 11.5. The number of hydrogen-bond donors (Lipinski definition) is 0. The number of aliphatic imine (C=N–C) groups is 1. The Morgan fingerprint density at radius 2 is 2.00 bits per heavy atom. The number of thiophene rings is 1. The van der Waals surface area contributed by atoms with E-state index in [1.807, 2.05) is 12.1 Å². The van der Waals surface area contributed by atoms with Crippen molar-refractivity contribution in [3.05, 3.63) is 51.7 Å². The maximum Gasteiger partial charge on any atom is 0.118 e. The van der Waals surface area contributed by atoms with Crippen LogP contribution in [0.15, 0.2) is 40.7 Å². The lowest BCUT2D eigenvalue weighted by atomic mass is 9.96. The molecule has 0 saturated heterocycles. The molecule has 1 aromatic carbocycles. The predicted octanol–water partition coefficient (Wildman–Crippen LogP) is 3.86. The highest BCUT2D eigenvalue weighted by Gasteiger charge is 2.20. The summed E-state index contributed by atoms with van der Waals surface area (Å²) in [5.74, 6) is 0.895. The molecule has 0 spiro atoms. The van der Waals surface area contributed by atoms with Crippen molar-refractivity contribution in [2.75, 3.05) is 7.11 Å². The zero-order valence-corrected chi connectivity index (χ0v) is 11.3. The average Bonchev–Trinajstić information content (AvgIpc) is 2.88. The van der Waals surface area contributed by atoms with Gasteiger partial charge in [0.15, 0.2) is 0 Å². The summed E-state index contributed by atoms with van der Waals surface area (Å²) in [7, 11) is 1.69. The molecular weight excluding hydrogens is 242 g/mol. The van der Waals surface area contributed by atoms with Crippen LogP contribution in [0.4, 0.5) is 0 Å². The molecule has 2 nitrogen and oxygen atoms in total. The number of rotatable bonds is 2. The quantitative estimate of drug-likeness (QED) is 0.800. The van der Waals surface area contributed by atoms with Gasteiger partial charge in [0.2, 0.25) is 0 Å². The molecule has 1 atom stereocenters. The van der Waals surface area contributed by atoms with Crippen LogP contribution in [0.5, 0.6) is 5.75 Å². The molecule has 1 aliphatic heterocycles. The topological polar surface area (TPSA) is 21.6 Å². The van der Waals surface area contributed by atoms with Crippen LogP contribution in [0.3, 0.4) is 0 Å². The summed E-state index contributed by atoms with van der Waals surface area (Å²) in [6, 6.07) is 10.7. The van der Waals surface area contributed by atoms with Crippen LogP contribution < -0.4 is 4.74 Å². The number of methoxy groups -OCH3 is 1. The van der Waals surface area contributed by atoms with Gasteiger partial charge in [-0.2, -0.15) is 0 Å². The van der Waals surface area contributed by atoms with Crippen molar-refractivity contribution < 1.29 is 4.74 Å². The predicted molar refractivity (Wildman–Crippen MR) is 76.0 cm³/mol. The SMILES string of the molecule is COc1ccc([C@H]2Cc3ccsc3C(C)=N2)cc1. The molecule has 2 heterocycles. The van der Waals surface area contributed by atoms with Crippen LogP contribution in [0, 0.1) is 0 Å². The van der Waals surface area contributed by atoms with E-state index in [0.717, 1.165) is 17.9 Å². The molecule has 0 aliphatic carbocycles. The minimum absolute atomic E-state index is 0.248. The number of fused-ring (bicyclic) bond motifs is 1. The highest BCUT2D eigenvalue weighted by molar-refractivity contribution is 7.12. The highest BCUT2D eigenvalue weighted by Crippen LogP contribution is 2.32. The first-order valence-corrected chi connectivity index (χ1v) is 6.91. The summed E-state index contributed by atoms with van der Waals surface area (Å²) in [6.07, 6.45) is 1.00. The molecule has 92 valence electrons. The molecule has 0 unspecified atom stereocenters. The molecule has 1 aromatic heterocycles. The fourth-order valence-corrected chi connectivity index (χ4v) is 3.27. The Hall–Kier alpha value is -1.61. The third kappa shape index (κ3) is 1.95. The van der Waals surface area contributed by atoms with Crippen molar-refractivity contribution in [3.8, 4) is 5.75 Å². The lowest BCUT2D eigenvalue weighted by Crippen LogP contribution is -2.11. The molecule has 0 bridgehead atoms. The average molecular weight is 257 g/mol. The lowest BCUT2D eigenvalue weighted by molar-refractivity contribution is 0.414. The van der Waals surface area contributed by atoms with Crippen LogP contribution in [0.2, 0.25) is 0 Å². The summed E-state index contributed by atoms with van der Waals surface area (Å²) < 4.78 is 5.19. The summed E-state index contributed by atoms with van der Waals surface area (Å²) in [5.41, 5.74) is 3.84. The highest BCUT2D eigenvalue weighted by atomic mass is 32.1. The third-order valence-electron chi connectivity index (χ3n) is 3.34. The van der Waals surface area contributed by atoms with Crippen LogP contribution in [0.1, 0.15) is 29.0 Å². The Labute approximate surface area is 111 Å². The maximum absolute atomic E-state index is 5.19. The van der Waals surface area contributed by atoms with E-state index >= 15 is 0 Å². The van der Waals surface area contributed by atoms with Crippen LogP contribution >= 0.6 is 11.3 Å². The molecule has 2 aromatic rings. The van der Waals surface area contributed by atoms with E-state index in [9.17, 15) is 0 Å². The molecule has 3 rings (SSSR count). The van der Waals surface area contributed by atoms with Gasteiger partial charge in [0.25, 0.3) is 0 Å². The molecule has 3 heteroatoms. The van der Waals surface area contributed by atoms with Crippen LogP contribution in [0.25, 0.3) is 0 Å². The van der Waals surface area contributed by atoms with Crippen LogP contribution in [-0.2, 0) is 6.42 Å². The minimum atomic E-state index is 0.248. The third-order valence-corrected chi connectivity index (χ3v) is 4.40. The fourth-order valence-electron chi connectivity index (χ4n) is 2.38. The van der Waals surface area contributed by atoms with Crippen LogP contribution in [-0.4, -0.2) is 12.8 Å². The normalized spacial score (nSPS) is 18.1. The largest absolute Gasteiger partial charge is 0.497 e. The first-order chi connectivity index (χ1) is 8.78. The second-order valence-corrected chi connectivity index (χ2v) is 5.40. The van der Waals surface area contributed by atoms with E-state index in [1.54, 1.807) is 18.4 Å². The Morgan fingerprint density at radius 3 is 2.72 bits per heavy atom. The maximum atomic E-state index is 5.19. The molecule has 0 N–H and O–H groups in total. The molecule has 0 radical (unpaired) electrons. The molecular formula is C15H15NOS. The van der Waals surface area contributed by atoms with E-state index in [2.05, 4.69) is 30.5 Å². The molecule has 18 heavy (non-hydrogen) atoms.